The predicted octanol–water partition coefficient (Wildman–Crippen LogP) is 3.69. The molecule has 1 aliphatic rings. The third-order valence-corrected chi connectivity index (χ3v) is 2.78. The average Bonchev–Trinajstić information content (AvgIpc) is 2.18. The SMILES string of the molecule is O=C(O)/C1=C/C=C\CCCCCCCC1. The summed E-state index contributed by atoms with van der Waals surface area (Å²) in [5, 5.41) is 8.94. The summed E-state index contributed by atoms with van der Waals surface area (Å²) < 4.78 is 0. The zero-order chi connectivity index (χ0) is 10.9. The van der Waals surface area contributed by atoms with Crippen LogP contribution < -0.4 is 0 Å². The van der Waals surface area contributed by atoms with E-state index in [1.165, 1.54) is 25.7 Å². The van der Waals surface area contributed by atoms with Gasteiger partial charge in [0.05, 0.1) is 0 Å². The van der Waals surface area contributed by atoms with Crippen molar-refractivity contribution in [3.63, 3.8) is 0 Å². The maximum atomic E-state index is 10.9. The molecule has 0 aliphatic heterocycles. The van der Waals surface area contributed by atoms with E-state index in [0.717, 1.165) is 19.3 Å². The lowest BCUT2D eigenvalue weighted by Gasteiger charge is -2.03. The van der Waals surface area contributed by atoms with Gasteiger partial charge in [0.15, 0.2) is 0 Å². The Labute approximate surface area is 91.7 Å². The van der Waals surface area contributed by atoms with Crippen LogP contribution in [0.3, 0.4) is 0 Å². The van der Waals surface area contributed by atoms with Gasteiger partial charge in [-0.25, -0.2) is 4.79 Å². The second-order valence-corrected chi connectivity index (χ2v) is 4.09. The Bertz CT molecular complexity index is 251. The van der Waals surface area contributed by atoms with E-state index < -0.39 is 5.97 Å². The minimum atomic E-state index is -0.767. The minimum absolute atomic E-state index is 0.548. The highest BCUT2D eigenvalue weighted by Gasteiger charge is 2.05. The highest BCUT2D eigenvalue weighted by molar-refractivity contribution is 5.86. The second kappa shape index (κ2) is 7.27. The molecule has 1 N–H and O–H groups in total. The molecule has 0 amide bonds. The van der Waals surface area contributed by atoms with Gasteiger partial charge in [-0.3, -0.25) is 0 Å². The molecule has 84 valence electrons. The lowest BCUT2D eigenvalue weighted by molar-refractivity contribution is -0.132. The molecule has 0 atom stereocenters. The number of carboxylic acids is 1. The first-order valence-corrected chi connectivity index (χ1v) is 5.89. The van der Waals surface area contributed by atoms with Gasteiger partial charge in [0.25, 0.3) is 0 Å². The van der Waals surface area contributed by atoms with E-state index in [4.69, 9.17) is 5.11 Å². The first-order chi connectivity index (χ1) is 7.30. The zero-order valence-corrected chi connectivity index (χ0v) is 9.24. The van der Waals surface area contributed by atoms with Crippen LogP contribution in [0.15, 0.2) is 23.8 Å². The fourth-order valence-electron chi connectivity index (χ4n) is 1.83. The van der Waals surface area contributed by atoms with E-state index in [1.807, 2.05) is 6.08 Å². The summed E-state index contributed by atoms with van der Waals surface area (Å²) in [5.74, 6) is -0.767. The van der Waals surface area contributed by atoms with Gasteiger partial charge in [0.1, 0.15) is 0 Å². The number of carboxylic acid groups (broad SMARTS) is 1. The second-order valence-electron chi connectivity index (χ2n) is 4.09. The maximum Gasteiger partial charge on any atom is 0.331 e. The van der Waals surface area contributed by atoms with Crippen LogP contribution in [0.1, 0.15) is 51.4 Å². The minimum Gasteiger partial charge on any atom is -0.478 e. The smallest absolute Gasteiger partial charge is 0.331 e. The standard InChI is InChI=1S/C13H20O2/c14-13(15)12-10-8-6-4-2-1-3-5-7-9-11-12/h6,8,10H,1-5,7,9,11H2,(H,14,15)/b8-6-,12-10+. The molecular weight excluding hydrogens is 188 g/mol. The molecule has 0 aromatic rings. The molecule has 0 saturated heterocycles. The molecule has 1 aliphatic carbocycles. The fraction of sp³-hybridized carbons (Fsp3) is 0.615. The molecule has 0 aromatic carbocycles. The van der Waals surface area contributed by atoms with Crippen molar-refractivity contribution < 1.29 is 9.90 Å². The summed E-state index contributed by atoms with van der Waals surface area (Å²) in [5.41, 5.74) is 0.548. The van der Waals surface area contributed by atoms with Crippen molar-refractivity contribution in [1.82, 2.24) is 0 Å². The van der Waals surface area contributed by atoms with Crippen LogP contribution in [0.4, 0.5) is 0 Å². The zero-order valence-electron chi connectivity index (χ0n) is 9.24. The van der Waals surface area contributed by atoms with Crippen LogP contribution in [-0.2, 0) is 4.79 Å². The van der Waals surface area contributed by atoms with Crippen molar-refractivity contribution in [2.24, 2.45) is 0 Å². The Morgan fingerprint density at radius 2 is 1.73 bits per heavy atom. The molecule has 15 heavy (non-hydrogen) atoms. The van der Waals surface area contributed by atoms with Crippen LogP contribution >= 0.6 is 0 Å². The molecule has 0 heterocycles. The van der Waals surface area contributed by atoms with Gasteiger partial charge in [-0.05, 0) is 25.7 Å². The Hall–Kier alpha value is -1.05. The van der Waals surface area contributed by atoms with Crippen LogP contribution in [0.2, 0.25) is 0 Å². The van der Waals surface area contributed by atoms with Gasteiger partial charge in [-0.1, -0.05) is 43.9 Å². The number of aliphatic carboxylic acids is 1. The van der Waals surface area contributed by atoms with Gasteiger partial charge >= 0.3 is 5.97 Å². The highest BCUT2D eigenvalue weighted by Crippen LogP contribution is 2.14. The summed E-state index contributed by atoms with van der Waals surface area (Å²) in [6, 6.07) is 0. The molecule has 0 aromatic heterocycles. The summed E-state index contributed by atoms with van der Waals surface area (Å²) in [7, 11) is 0. The normalized spacial score (nSPS) is 25.5. The van der Waals surface area contributed by atoms with E-state index in [1.54, 1.807) is 6.08 Å². The van der Waals surface area contributed by atoms with E-state index >= 15 is 0 Å². The summed E-state index contributed by atoms with van der Waals surface area (Å²) >= 11 is 0. The Kier molecular flexibility index (Phi) is 5.83. The number of allylic oxidation sites excluding steroid dienone is 3. The number of hydrogen-bond acceptors (Lipinski definition) is 1. The van der Waals surface area contributed by atoms with Crippen molar-refractivity contribution in [1.29, 1.82) is 0 Å². The molecule has 0 fully saturated rings. The number of hydrogen-bond donors (Lipinski definition) is 1. The topological polar surface area (TPSA) is 37.3 Å². The van der Waals surface area contributed by atoms with Crippen molar-refractivity contribution >= 4 is 5.97 Å². The molecule has 0 spiro atoms. The Morgan fingerprint density at radius 1 is 1.07 bits per heavy atom. The van der Waals surface area contributed by atoms with Crippen molar-refractivity contribution in [3.05, 3.63) is 23.8 Å². The predicted molar refractivity (Wildman–Crippen MR) is 61.8 cm³/mol. The molecule has 0 bridgehead atoms. The molecule has 2 nitrogen and oxygen atoms in total. The average molecular weight is 208 g/mol. The maximum absolute atomic E-state index is 10.9. The van der Waals surface area contributed by atoms with Crippen molar-refractivity contribution in [2.45, 2.75) is 51.4 Å². The summed E-state index contributed by atoms with van der Waals surface area (Å²) in [4.78, 5) is 10.9. The van der Waals surface area contributed by atoms with Gasteiger partial charge in [0, 0.05) is 5.57 Å². The van der Waals surface area contributed by atoms with Gasteiger partial charge in [-0.15, -0.1) is 0 Å². The lowest BCUT2D eigenvalue weighted by Crippen LogP contribution is -2.00. The summed E-state index contributed by atoms with van der Waals surface area (Å²) in [6.45, 7) is 0. The first kappa shape index (κ1) is 12.0. The Morgan fingerprint density at radius 3 is 2.47 bits per heavy atom. The quantitative estimate of drug-likeness (QED) is 0.713. The largest absolute Gasteiger partial charge is 0.478 e. The molecule has 0 radical (unpaired) electrons. The van der Waals surface area contributed by atoms with E-state index in [-0.39, 0.29) is 0 Å². The van der Waals surface area contributed by atoms with E-state index in [2.05, 4.69) is 6.08 Å². The van der Waals surface area contributed by atoms with Gasteiger partial charge in [0.2, 0.25) is 0 Å². The van der Waals surface area contributed by atoms with Crippen LogP contribution in [-0.4, -0.2) is 11.1 Å². The van der Waals surface area contributed by atoms with Crippen molar-refractivity contribution in [2.75, 3.05) is 0 Å². The molecule has 2 heteroatoms. The Balaban J connectivity index is 2.54. The van der Waals surface area contributed by atoms with E-state index in [0.29, 0.717) is 12.0 Å². The molecule has 0 unspecified atom stereocenters. The third-order valence-electron chi connectivity index (χ3n) is 2.78. The fourth-order valence-corrected chi connectivity index (χ4v) is 1.83. The van der Waals surface area contributed by atoms with Gasteiger partial charge < -0.3 is 5.11 Å². The van der Waals surface area contributed by atoms with Gasteiger partial charge in [-0.2, -0.15) is 0 Å². The van der Waals surface area contributed by atoms with Crippen LogP contribution in [0, 0.1) is 0 Å². The summed E-state index contributed by atoms with van der Waals surface area (Å²) in [6.07, 6.45) is 14.7. The molecule has 0 saturated carbocycles. The van der Waals surface area contributed by atoms with E-state index in [9.17, 15) is 4.79 Å². The van der Waals surface area contributed by atoms with Crippen LogP contribution in [0.25, 0.3) is 0 Å². The van der Waals surface area contributed by atoms with Crippen LogP contribution in [0.5, 0.6) is 0 Å². The third kappa shape index (κ3) is 5.40. The highest BCUT2D eigenvalue weighted by atomic mass is 16.4. The molecule has 1 rings (SSSR count). The monoisotopic (exact) mass is 208 g/mol. The first-order valence-electron chi connectivity index (χ1n) is 5.89. The number of carbonyl (C=O) groups is 1. The molecular formula is C13H20O2. The van der Waals surface area contributed by atoms with Crippen molar-refractivity contribution in [3.8, 4) is 0 Å². The lowest BCUT2D eigenvalue weighted by atomic mass is 10.0. The number of rotatable bonds is 1.